The Labute approximate surface area is 136 Å². The van der Waals surface area contributed by atoms with E-state index in [1.165, 1.54) is 12.8 Å². The monoisotopic (exact) mass is 339 g/mol. The molecule has 1 aliphatic rings. The molecule has 1 aromatic rings. The summed E-state index contributed by atoms with van der Waals surface area (Å²) in [5, 5.41) is 0.0958. The van der Waals surface area contributed by atoms with Crippen LogP contribution in [0.1, 0.15) is 33.6 Å². The molecular weight excluding hydrogens is 310 g/mol. The van der Waals surface area contributed by atoms with E-state index in [0.717, 1.165) is 4.90 Å². The molecular formula is C16H29N3OSSi. The Morgan fingerprint density at radius 3 is 2.27 bits per heavy atom. The summed E-state index contributed by atoms with van der Waals surface area (Å²) < 4.78 is 21.7. The third-order valence-corrected chi connectivity index (χ3v) is 13.0. The molecule has 124 valence electrons. The lowest BCUT2D eigenvalue weighted by molar-refractivity contribution is 0.663. The number of nitrogens with one attached hydrogen (secondary N) is 1. The van der Waals surface area contributed by atoms with Crippen LogP contribution in [0.25, 0.3) is 0 Å². The first-order chi connectivity index (χ1) is 10.0. The minimum atomic E-state index is -2.60. The van der Waals surface area contributed by atoms with Crippen LogP contribution in [0.2, 0.25) is 18.1 Å². The molecule has 0 radical (unpaired) electrons. The van der Waals surface area contributed by atoms with Gasteiger partial charge in [-0.25, -0.2) is 13.0 Å². The van der Waals surface area contributed by atoms with E-state index in [2.05, 4.69) is 42.6 Å². The Morgan fingerprint density at radius 1 is 1.27 bits per heavy atom. The molecule has 0 heterocycles. The molecule has 1 aliphatic carbocycles. The average Bonchev–Trinajstić information content (AvgIpc) is 3.19. The van der Waals surface area contributed by atoms with Gasteiger partial charge in [0.25, 0.3) is 0 Å². The van der Waals surface area contributed by atoms with Crippen LogP contribution in [0.15, 0.2) is 33.5 Å². The number of nitrogen functional groups attached to an aromatic ring is 1. The van der Waals surface area contributed by atoms with Gasteiger partial charge in [0.1, 0.15) is 18.2 Å². The smallest absolute Gasteiger partial charge is 0.140 e. The quantitative estimate of drug-likeness (QED) is 0.628. The van der Waals surface area contributed by atoms with Gasteiger partial charge in [0.15, 0.2) is 0 Å². The fourth-order valence-electron chi connectivity index (χ4n) is 1.83. The second-order valence-electron chi connectivity index (χ2n) is 7.83. The third kappa shape index (κ3) is 4.11. The van der Waals surface area contributed by atoms with Crippen LogP contribution < -0.4 is 10.1 Å². The number of nitrogens with two attached hydrogens (primary N) is 1. The number of hydrogen-bond donors (Lipinski definition) is 2. The van der Waals surface area contributed by atoms with Crippen molar-refractivity contribution >= 4 is 23.8 Å². The van der Waals surface area contributed by atoms with E-state index >= 15 is 0 Å². The van der Waals surface area contributed by atoms with Crippen molar-refractivity contribution in [3.63, 3.8) is 0 Å². The minimum Gasteiger partial charge on any atom is -0.399 e. The van der Waals surface area contributed by atoms with E-state index in [1.54, 1.807) is 12.1 Å². The molecule has 1 atom stereocenters. The van der Waals surface area contributed by atoms with Gasteiger partial charge in [-0.15, -0.1) is 0 Å². The van der Waals surface area contributed by atoms with Crippen LogP contribution in [-0.2, 0) is 9.92 Å². The number of nitrogens with zero attached hydrogens (tertiary/aromatic N) is 1. The molecule has 0 spiro atoms. The Hall–Kier alpha value is -0.853. The van der Waals surface area contributed by atoms with Crippen molar-refractivity contribution in [2.24, 2.45) is 10.3 Å². The fraction of sp³-hybridized carbons (Fsp3) is 0.625. The Bertz CT molecular complexity index is 636. The molecule has 1 aromatic carbocycles. The molecule has 0 aromatic heterocycles. The summed E-state index contributed by atoms with van der Waals surface area (Å²) in [4.78, 5) is 0.743. The second kappa shape index (κ2) is 5.98. The van der Waals surface area contributed by atoms with Crippen molar-refractivity contribution in [1.82, 2.24) is 4.39 Å². The van der Waals surface area contributed by atoms with E-state index in [9.17, 15) is 4.21 Å². The van der Waals surface area contributed by atoms with Crippen molar-refractivity contribution < 1.29 is 4.21 Å². The van der Waals surface area contributed by atoms with E-state index in [-0.39, 0.29) is 5.04 Å². The van der Waals surface area contributed by atoms with Crippen LogP contribution in [0.5, 0.6) is 0 Å². The highest BCUT2D eigenvalue weighted by Crippen LogP contribution is 2.36. The van der Waals surface area contributed by atoms with Crippen LogP contribution in [0.4, 0.5) is 5.69 Å². The summed E-state index contributed by atoms with van der Waals surface area (Å²) in [5.74, 6) is 0.621. The second-order valence-corrected chi connectivity index (χ2v) is 15.2. The molecule has 22 heavy (non-hydrogen) atoms. The van der Waals surface area contributed by atoms with Crippen molar-refractivity contribution in [3.05, 3.63) is 24.3 Å². The standard InChI is InChI=1S/C16H29N3OSSi/c1-16(2,3)22(4,5)19-21(20,18-12-13-6-7-13)15-10-8-14(17)9-11-15/h8-11,13H,6-7,12,17H2,1-5H3,(H,18,19,20). The summed E-state index contributed by atoms with van der Waals surface area (Å²) >= 11 is 0. The van der Waals surface area contributed by atoms with Crippen LogP contribution in [0, 0.1) is 5.92 Å². The lowest BCUT2D eigenvalue weighted by Crippen LogP contribution is -2.54. The largest absolute Gasteiger partial charge is 0.399 e. The van der Waals surface area contributed by atoms with Gasteiger partial charge in [-0.05, 0) is 48.1 Å². The van der Waals surface area contributed by atoms with Gasteiger partial charge in [-0.3, -0.25) is 0 Å². The highest BCUT2D eigenvalue weighted by molar-refractivity contribution is 7.93. The molecule has 1 fully saturated rings. The summed E-state index contributed by atoms with van der Waals surface area (Å²) in [6.07, 6.45) is 2.42. The topological polar surface area (TPSA) is 67.5 Å². The zero-order valence-electron chi connectivity index (χ0n) is 14.3. The lowest BCUT2D eigenvalue weighted by Gasteiger charge is -2.38. The molecule has 1 unspecified atom stereocenters. The van der Waals surface area contributed by atoms with Gasteiger partial charge in [-0.2, -0.15) is 0 Å². The highest BCUT2D eigenvalue weighted by atomic mass is 32.2. The number of benzene rings is 1. The van der Waals surface area contributed by atoms with Gasteiger partial charge in [0.05, 0.1) is 11.4 Å². The highest BCUT2D eigenvalue weighted by Gasteiger charge is 2.39. The van der Waals surface area contributed by atoms with E-state index in [4.69, 9.17) is 5.73 Å². The van der Waals surface area contributed by atoms with Crippen molar-refractivity contribution in [2.75, 3.05) is 12.3 Å². The van der Waals surface area contributed by atoms with E-state index in [1.807, 2.05) is 12.1 Å². The predicted molar refractivity (Wildman–Crippen MR) is 97.6 cm³/mol. The maximum Gasteiger partial charge on any atom is 0.140 e. The first-order valence-corrected chi connectivity index (χ1v) is 12.4. The minimum absolute atomic E-state index is 0.0958. The Morgan fingerprint density at radius 2 is 1.82 bits per heavy atom. The zero-order valence-corrected chi connectivity index (χ0v) is 16.2. The zero-order chi connectivity index (χ0) is 16.6. The Kier molecular flexibility index (Phi) is 4.76. The predicted octanol–water partition coefficient (Wildman–Crippen LogP) is 4.02. The summed E-state index contributed by atoms with van der Waals surface area (Å²) in [7, 11) is -4.54. The molecule has 1 saturated carbocycles. The molecule has 4 nitrogen and oxygen atoms in total. The molecule has 3 N–H and O–H groups in total. The van der Waals surface area contributed by atoms with Crippen molar-refractivity contribution in [1.29, 1.82) is 0 Å². The van der Waals surface area contributed by atoms with Gasteiger partial charge in [-0.1, -0.05) is 33.9 Å². The summed E-state index contributed by atoms with van der Waals surface area (Å²) in [6.45, 7) is 11.7. The fourth-order valence-corrected chi connectivity index (χ4v) is 7.62. The number of anilines is 1. The molecule has 0 bridgehead atoms. The summed E-state index contributed by atoms with van der Waals surface area (Å²) in [5.41, 5.74) is 6.44. The summed E-state index contributed by atoms with van der Waals surface area (Å²) in [6, 6.07) is 7.28. The van der Waals surface area contributed by atoms with Gasteiger partial charge < -0.3 is 5.73 Å². The van der Waals surface area contributed by atoms with Gasteiger partial charge in [0.2, 0.25) is 0 Å². The van der Waals surface area contributed by atoms with Gasteiger partial charge >= 0.3 is 0 Å². The van der Waals surface area contributed by atoms with Crippen molar-refractivity contribution in [3.8, 4) is 0 Å². The van der Waals surface area contributed by atoms with E-state index in [0.29, 0.717) is 18.2 Å². The van der Waals surface area contributed by atoms with Gasteiger partial charge in [0, 0.05) is 5.69 Å². The first kappa shape index (κ1) is 17.5. The lowest BCUT2D eigenvalue weighted by atomic mass is 10.2. The molecule has 6 heteroatoms. The first-order valence-electron chi connectivity index (χ1n) is 7.91. The molecule has 0 amide bonds. The van der Waals surface area contributed by atoms with Crippen molar-refractivity contribution in [2.45, 2.75) is 56.6 Å². The number of rotatable bonds is 5. The SMILES string of the molecule is CC(C)(C)[Si](C)(C)NS(=O)(=NCC1CC1)c1ccc(N)cc1. The van der Waals surface area contributed by atoms with Crippen LogP contribution in [-0.4, -0.2) is 19.0 Å². The molecule has 2 rings (SSSR count). The maximum absolute atomic E-state index is 13.6. The third-order valence-electron chi connectivity index (χ3n) is 4.68. The van der Waals surface area contributed by atoms with E-state index < -0.39 is 18.2 Å². The van der Waals surface area contributed by atoms with Crippen LogP contribution in [0.3, 0.4) is 0 Å². The Balaban J connectivity index is 2.39. The molecule has 0 saturated heterocycles. The van der Waals surface area contributed by atoms with Crippen LogP contribution >= 0.6 is 0 Å². The maximum atomic E-state index is 13.6. The molecule has 0 aliphatic heterocycles. The normalized spacial score (nSPS) is 18.8. The number of hydrogen-bond acceptors (Lipinski definition) is 3. The average molecular weight is 340 g/mol.